The first-order chi connectivity index (χ1) is 22.6. The average Bonchev–Trinajstić information content (AvgIpc) is 3.05. The zero-order chi connectivity index (χ0) is 33.8. The molecule has 0 spiro atoms. The zero-order valence-corrected chi connectivity index (χ0v) is 31.1. The molecule has 0 aliphatic carbocycles. The second kappa shape index (κ2) is 36.7. The minimum absolute atomic E-state index is 0.0157. The van der Waals surface area contributed by atoms with E-state index >= 15 is 0 Å². The zero-order valence-electron chi connectivity index (χ0n) is 31.1. The van der Waals surface area contributed by atoms with Gasteiger partial charge in [0.05, 0.1) is 13.2 Å². The lowest BCUT2D eigenvalue weighted by Crippen LogP contribution is -2.29. The maximum Gasteiger partial charge on any atom is 0.306 e. The van der Waals surface area contributed by atoms with E-state index in [1.165, 1.54) is 109 Å². The summed E-state index contributed by atoms with van der Waals surface area (Å²) >= 11 is 0. The van der Waals surface area contributed by atoms with E-state index in [9.17, 15) is 14.7 Å². The molecular weight excluding hydrogens is 574 g/mol. The summed E-state index contributed by atoms with van der Waals surface area (Å²) in [6.45, 7) is 10.1. The Kier molecular flexibility index (Phi) is 35.8. The number of aliphatic hydroxyl groups is 1. The van der Waals surface area contributed by atoms with Crippen molar-refractivity contribution in [1.29, 1.82) is 0 Å². The van der Waals surface area contributed by atoms with Gasteiger partial charge in [-0.15, -0.1) is 0 Å². The Morgan fingerprint density at radius 2 is 0.913 bits per heavy atom. The van der Waals surface area contributed by atoms with Crippen molar-refractivity contribution in [2.45, 2.75) is 213 Å². The van der Waals surface area contributed by atoms with Crippen LogP contribution in [0.4, 0.5) is 0 Å². The Morgan fingerprint density at radius 3 is 1.46 bits per heavy atom. The molecule has 0 saturated heterocycles. The molecule has 0 saturated carbocycles. The van der Waals surface area contributed by atoms with Crippen LogP contribution in [0, 0.1) is 0 Å². The number of nitrogens with zero attached hydrogens (tertiary/aromatic N) is 1. The fourth-order valence-corrected chi connectivity index (χ4v) is 6.17. The van der Waals surface area contributed by atoms with E-state index in [0.29, 0.717) is 26.0 Å². The van der Waals surface area contributed by atoms with Crippen molar-refractivity contribution in [1.82, 2.24) is 4.90 Å². The first kappa shape index (κ1) is 44.9. The van der Waals surface area contributed by atoms with Crippen LogP contribution in [-0.2, 0) is 19.1 Å². The van der Waals surface area contributed by atoms with E-state index in [0.717, 1.165) is 77.3 Å². The number of ether oxygens (including phenoxy) is 2. The number of unbranched alkanes of at least 4 members (excludes halogenated alkanes) is 20. The number of esters is 2. The lowest BCUT2D eigenvalue weighted by atomic mass is 10.0. The molecule has 1 N–H and O–H groups in total. The molecule has 0 amide bonds. The Hall–Kier alpha value is -1.14. The third-order valence-corrected chi connectivity index (χ3v) is 9.20. The number of hydrogen-bond donors (Lipinski definition) is 1. The number of hydrogen-bond acceptors (Lipinski definition) is 6. The van der Waals surface area contributed by atoms with Crippen molar-refractivity contribution < 1.29 is 24.2 Å². The summed E-state index contributed by atoms with van der Waals surface area (Å²) in [5.41, 5.74) is 0. The summed E-state index contributed by atoms with van der Waals surface area (Å²) in [5.74, 6) is -0.0484. The van der Waals surface area contributed by atoms with Crippen molar-refractivity contribution in [3.8, 4) is 0 Å². The number of carbonyl (C=O) groups excluding carboxylic acids is 2. The Balaban J connectivity index is 4.04. The van der Waals surface area contributed by atoms with Crippen molar-refractivity contribution in [3.05, 3.63) is 0 Å². The molecule has 6 heteroatoms. The molecule has 0 aliphatic rings. The summed E-state index contributed by atoms with van der Waals surface area (Å²) in [6, 6.07) is 0. The van der Waals surface area contributed by atoms with Crippen LogP contribution in [0.2, 0.25) is 0 Å². The Bertz CT molecular complexity index is 627. The van der Waals surface area contributed by atoms with E-state index in [2.05, 4.69) is 25.7 Å². The highest BCUT2D eigenvalue weighted by Gasteiger charge is 2.15. The molecule has 0 radical (unpaired) electrons. The van der Waals surface area contributed by atoms with E-state index in [1.54, 1.807) is 0 Å². The van der Waals surface area contributed by atoms with E-state index in [1.807, 2.05) is 0 Å². The molecular formula is C40H79NO5. The predicted molar refractivity (Wildman–Crippen MR) is 195 cm³/mol. The molecule has 0 aromatic heterocycles. The highest BCUT2D eigenvalue weighted by Crippen LogP contribution is 2.18. The third-order valence-electron chi connectivity index (χ3n) is 9.20. The number of aliphatic hydroxyl groups excluding tert-OH is 1. The summed E-state index contributed by atoms with van der Waals surface area (Å²) in [4.78, 5) is 26.8. The SMILES string of the molecule is CCCCCCCCC(CCCCCCCC)OC(=O)CCCCN(CCO)CCCCCCCCCCC(=O)OCCCCC. The average molecular weight is 654 g/mol. The van der Waals surface area contributed by atoms with Crippen LogP contribution >= 0.6 is 0 Å². The second-order valence-corrected chi connectivity index (χ2v) is 13.8. The van der Waals surface area contributed by atoms with Gasteiger partial charge in [-0.25, -0.2) is 0 Å². The standard InChI is InChI=1S/C40H79NO5/c1-4-7-10-12-18-22-29-38(30-23-19-13-11-8-5-2)46-40(44)32-25-27-34-41(35-36-42)33-26-21-17-15-14-16-20-24-31-39(43)45-37-28-9-6-3/h38,42H,4-37H2,1-3H3. The van der Waals surface area contributed by atoms with Gasteiger partial charge in [0.15, 0.2) is 0 Å². The second-order valence-electron chi connectivity index (χ2n) is 13.8. The van der Waals surface area contributed by atoms with Crippen molar-refractivity contribution >= 4 is 11.9 Å². The monoisotopic (exact) mass is 654 g/mol. The van der Waals surface area contributed by atoms with Gasteiger partial charge in [0.2, 0.25) is 0 Å². The summed E-state index contributed by atoms with van der Waals surface area (Å²) in [6.07, 6.45) is 33.0. The minimum atomic E-state index is -0.0327. The minimum Gasteiger partial charge on any atom is -0.466 e. The molecule has 0 aromatic carbocycles. The van der Waals surface area contributed by atoms with Crippen molar-refractivity contribution in [3.63, 3.8) is 0 Å². The van der Waals surface area contributed by atoms with Crippen molar-refractivity contribution in [2.24, 2.45) is 0 Å². The summed E-state index contributed by atoms with van der Waals surface area (Å²) in [7, 11) is 0. The maximum absolute atomic E-state index is 12.7. The van der Waals surface area contributed by atoms with Gasteiger partial charge in [-0.1, -0.05) is 136 Å². The molecule has 46 heavy (non-hydrogen) atoms. The smallest absolute Gasteiger partial charge is 0.306 e. The maximum atomic E-state index is 12.7. The first-order valence-electron chi connectivity index (χ1n) is 20.3. The van der Waals surface area contributed by atoms with Crippen LogP contribution in [0.1, 0.15) is 207 Å². The molecule has 0 heterocycles. The molecule has 0 aliphatic heterocycles. The van der Waals surface area contributed by atoms with Gasteiger partial charge >= 0.3 is 11.9 Å². The molecule has 0 aromatic rings. The normalized spacial score (nSPS) is 11.5. The number of carbonyl (C=O) groups is 2. The third kappa shape index (κ3) is 32.8. The molecule has 0 bridgehead atoms. The van der Waals surface area contributed by atoms with E-state index in [-0.39, 0.29) is 24.6 Å². The first-order valence-corrected chi connectivity index (χ1v) is 20.3. The van der Waals surface area contributed by atoms with Gasteiger partial charge in [0.1, 0.15) is 6.10 Å². The number of rotatable bonds is 37. The lowest BCUT2D eigenvalue weighted by molar-refractivity contribution is -0.150. The molecule has 0 unspecified atom stereocenters. The highest BCUT2D eigenvalue weighted by atomic mass is 16.5. The van der Waals surface area contributed by atoms with E-state index in [4.69, 9.17) is 9.47 Å². The van der Waals surface area contributed by atoms with Crippen LogP contribution in [0.5, 0.6) is 0 Å². The van der Waals surface area contributed by atoms with Crippen LogP contribution in [-0.4, -0.2) is 60.9 Å². The molecule has 6 nitrogen and oxygen atoms in total. The van der Waals surface area contributed by atoms with Crippen LogP contribution in [0.25, 0.3) is 0 Å². The van der Waals surface area contributed by atoms with Gasteiger partial charge in [-0.05, 0) is 70.9 Å². The van der Waals surface area contributed by atoms with Gasteiger partial charge in [0, 0.05) is 19.4 Å². The van der Waals surface area contributed by atoms with Crippen LogP contribution < -0.4 is 0 Å². The van der Waals surface area contributed by atoms with Gasteiger partial charge < -0.3 is 19.5 Å². The molecule has 274 valence electrons. The fourth-order valence-electron chi connectivity index (χ4n) is 6.17. The summed E-state index contributed by atoms with van der Waals surface area (Å²) in [5, 5.41) is 9.54. The van der Waals surface area contributed by atoms with Gasteiger partial charge in [-0.2, -0.15) is 0 Å². The largest absolute Gasteiger partial charge is 0.466 e. The van der Waals surface area contributed by atoms with Gasteiger partial charge in [0.25, 0.3) is 0 Å². The topological polar surface area (TPSA) is 76.1 Å². The van der Waals surface area contributed by atoms with Crippen LogP contribution in [0.3, 0.4) is 0 Å². The quantitative estimate of drug-likeness (QED) is 0.0531. The Labute approximate surface area is 286 Å². The molecule has 0 atom stereocenters. The molecule has 0 fully saturated rings. The van der Waals surface area contributed by atoms with Crippen LogP contribution in [0.15, 0.2) is 0 Å². The Morgan fingerprint density at radius 1 is 0.500 bits per heavy atom. The summed E-state index contributed by atoms with van der Waals surface area (Å²) < 4.78 is 11.3. The molecule has 0 rings (SSSR count). The highest BCUT2D eigenvalue weighted by molar-refractivity contribution is 5.69. The van der Waals surface area contributed by atoms with Gasteiger partial charge in [-0.3, -0.25) is 9.59 Å². The van der Waals surface area contributed by atoms with E-state index < -0.39 is 0 Å². The fraction of sp³-hybridized carbons (Fsp3) is 0.950. The predicted octanol–water partition coefficient (Wildman–Crippen LogP) is 11.1. The van der Waals surface area contributed by atoms with Crippen molar-refractivity contribution in [2.75, 3.05) is 32.8 Å². The lowest BCUT2D eigenvalue weighted by Gasteiger charge is -2.21.